The van der Waals surface area contributed by atoms with E-state index >= 15 is 0 Å². The lowest BCUT2D eigenvalue weighted by molar-refractivity contribution is 0.0946. The predicted molar refractivity (Wildman–Crippen MR) is 75.7 cm³/mol. The van der Waals surface area contributed by atoms with Crippen molar-refractivity contribution in [1.29, 1.82) is 0 Å². The van der Waals surface area contributed by atoms with Crippen LogP contribution in [-0.2, 0) is 6.54 Å². The molecule has 0 bridgehead atoms. The van der Waals surface area contributed by atoms with Gasteiger partial charge in [0.25, 0.3) is 5.91 Å². The Morgan fingerprint density at radius 2 is 2.30 bits per heavy atom. The molecule has 0 fully saturated rings. The molecule has 2 rings (SSSR count). The predicted octanol–water partition coefficient (Wildman–Crippen LogP) is 1.88. The Morgan fingerprint density at radius 3 is 2.95 bits per heavy atom. The Morgan fingerprint density at radius 1 is 1.50 bits per heavy atom. The fraction of sp³-hybridized carbons (Fsp3) is 0.385. The molecule has 0 saturated carbocycles. The fourth-order valence-corrected chi connectivity index (χ4v) is 1.80. The molecule has 6 nitrogen and oxygen atoms in total. The molecule has 0 saturated heterocycles. The number of hydrogen-bond donors (Lipinski definition) is 1. The summed E-state index contributed by atoms with van der Waals surface area (Å²) in [6, 6.07) is 1.83. The zero-order chi connectivity index (χ0) is 14.5. The Balaban J connectivity index is 1.99. The molecule has 0 aliphatic carbocycles. The number of aromatic nitrogens is 4. The van der Waals surface area contributed by atoms with Crippen LogP contribution in [0.3, 0.4) is 0 Å². The van der Waals surface area contributed by atoms with Gasteiger partial charge in [0.2, 0.25) is 0 Å². The molecule has 0 aliphatic heterocycles. The number of halogens is 1. The first-order valence-corrected chi connectivity index (χ1v) is 6.73. The summed E-state index contributed by atoms with van der Waals surface area (Å²) in [6.07, 6.45) is 4.99. The van der Waals surface area contributed by atoms with E-state index in [-0.39, 0.29) is 22.5 Å². The van der Waals surface area contributed by atoms with Crippen LogP contribution in [0.15, 0.2) is 24.7 Å². The molecular weight excluding hydrogens is 278 g/mol. The number of rotatable bonds is 5. The summed E-state index contributed by atoms with van der Waals surface area (Å²) >= 11 is 5.97. The fourth-order valence-electron chi connectivity index (χ4n) is 1.62. The quantitative estimate of drug-likeness (QED) is 0.913. The van der Waals surface area contributed by atoms with Gasteiger partial charge < -0.3 is 5.32 Å². The maximum absolute atomic E-state index is 12.1. The number of amides is 1. The second kappa shape index (κ2) is 6.47. The van der Waals surface area contributed by atoms with Crippen molar-refractivity contribution in [2.45, 2.75) is 26.3 Å². The number of nitrogens with zero attached hydrogens (tertiary/aromatic N) is 4. The van der Waals surface area contributed by atoms with Gasteiger partial charge in [-0.1, -0.05) is 25.4 Å². The highest BCUT2D eigenvalue weighted by atomic mass is 35.5. The van der Waals surface area contributed by atoms with Crippen LogP contribution in [0.4, 0.5) is 0 Å². The highest BCUT2D eigenvalue weighted by Gasteiger charge is 2.15. The summed E-state index contributed by atoms with van der Waals surface area (Å²) in [5.74, 6) is 0.445. The minimum atomic E-state index is -0.300. The van der Waals surface area contributed by atoms with Gasteiger partial charge >= 0.3 is 0 Å². The smallest absolute Gasteiger partial charge is 0.271 e. The van der Waals surface area contributed by atoms with Gasteiger partial charge in [-0.3, -0.25) is 9.48 Å². The van der Waals surface area contributed by atoms with Crippen LogP contribution in [0.1, 0.15) is 36.1 Å². The van der Waals surface area contributed by atoms with E-state index in [0.29, 0.717) is 18.9 Å². The van der Waals surface area contributed by atoms with E-state index in [1.807, 2.05) is 26.1 Å². The van der Waals surface area contributed by atoms with Crippen LogP contribution in [-0.4, -0.2) is 32.2 Å². The highest BCUT2D eigenvalue weighted by molar-refractivity contribution is 6.33. The van der Waals surface area contributed by atoms with E-state index in [4.69, 9.17) is 11.6 Å². The van der Waals surface area contributed by atoms with E-state index in [2.05, 4.69) is 20.4 Å². The molecule has 0 atom stereocenters. The van der Waals surface area contributed by atoms with Crippen LogP contribution in [0, 0.1) is 0 Å². The SMILES string of the molecule is CC(C)c1ncc(Cl)c(C(=O)NCCn2cccn2)n1. The number of carbonyl (C=O) groups excluding carboxylic acids is 1. The number of nitrogens with one attached hydrogen (secondary N) is 1. The van der Waals surface area contributed by atoms with Gasteiger partial charge in [-0.25, -0.2) is 9.97 Å². The summed E-state index contributed by atoms with van der Waals surface area (Å²) in [5.41, 5.74) is 0.214. The molecular formula is C13H16ClN5O. The molecule has 0 aromatic carbocycles. The third-order valence-corrected chi connectivity index (χ3v) is 2.96. The van der Waals surface area contributed by atoms with Crippen molar-refractivity contribution < 1.29 is 4.79 Å². The van der Waals surface area contributed by atoms with Gasteiger partial charge in [0.1, 0.15) is 11.5 Å². The third-order valence-electron chi connectivity index (χ3n) is 2.68. The van der Waals surface area contributed by atoms with Gasteiger partial charge in [0.05, 0.1) is 17.8 Å². The third kappa shape index (κ3) is 3.54. The summed E-state index contributed by atoms with van der Waals surface area (Å²) in [7, 11) is 0. The Bertz CT molecular complexity index is 582. The second-order valence-corrected chi connectivity index (χ2v) is 5.01. The molecule has 2 aromatic rings. The van der Waals surface area contributed by atoms with E-state index in [1.165, 1.54) is 6.20 Å². The second-order valence-electron chi connectivity index (χ2n) is 4.60. The molecule has 1 N–H and O–H groups in total. The zero-order valence-corrected chi connectivity index (χ0v) is 12.1. The molecule has 0 unspecified atom stereocenters. The summed E-state index contributed by atoms with van der Waals surface area (Å²) in [5, 5.41) is 7.08. The minimum Gasteiger partial charge on any atom is -0.349 e. The van der Waals surface area contributed by atoms with Crippen LogP contribution in [0.5, 0.6) is 0 Å². The monoisotopic (exact) mass is 293 g/mol. The molecule has 0 aliphatic rings. The minimum absolute atomic E-state index is 0.142. The molecule has 1 amide bonds. The van der Waals surface area contributed by atoms with Gasteiger partial charge in [-0.05, 0) is 6.07 Å². The van der Waals surface area contributed by atoms with Crippen LogP contribution in [0.2, 0.25) is 5.02 Å². The number of hydrogen-bond acceptors (Lipinski definition) is 4. The topological polar surface area (TPSA) is 72.7 Å². The van der Waals surface area contributed by atoms with E-state index < -0.39 is 0 Å². The molecule has 20 heavy (non-hydrogen) atoms. The Hall–Kier alpha value is -1.95. The average molecular weight is 294 g/mol. The van der Waals surface area contributed by atoms with E-state index in [9.17, 15) is 4.79 Å². The van der Waals surface area contributed by atoms with Crippen molar-refractivity contribution in [3.8, 4) is 0 Å². The van der Waals surface area contributed by atoms with E-state index in [0.717, 1.165) is 0 Å². The maximum atomic E-state index is 12.1. The largest absolute Gasteiger partial charge is 0.349 e. The summed E-state index contributed by atoms with van der Waals surface area (Å²) < 4.78 is 1.74. The van der Waals surface area contributed by atoms with Gasteiger partial charge in [0.15, 0.2) is 0 Å². The molecule has 2 aromatic heterocycles. The first kappa shape index (κ1) is 14.5. The average Bonchev–Trinajstić information content (AvgIpc) is 2.92. The highest BCUT2D eigenvalue weighted by Crippen LogP contribution is 2.16. The van der Waals surface area contributed by atoms with Crippen molar-refractivity contribution in [2.75, 3.05) is 6.54 Å². The first-order chi connectivity index (χ1) is 9.58. The summed E-state index contributed by atoms with van der Waals surface area (Å²) in [4.78, 5) is 20.4. The molecule has 0 radical (unpaired) electrons. The van der Waals surface area contributed by atoms with Crippen molar-refractivity contribution >= 4 is 17.5 Å². The molecule has 7 heteroatoms. The Labute approximate surface area is 122 Å². The zero-order valence-electron chi connectivity index (χ0n) is 11.4. The van der Waals surface area contributed by atoms with Crippen LogP contribution in [0.25, 0.3) is 0 Å². The van der Waals surface area contributed by atoms with Crippen molar-refractivity contribution in [3.63, 3.8) is 0 Å². The van der Waals surface area contributed by atoms with Crippen molar-refractivity contribution in [1.82, 2.24) is 25.1 Å². The Kier molecular flexibility index (Phi) is 4.68. The lowest BCUT2D eigenvalue weighted by Crippen LogP contribution is -2.28. The molecule has 0 spiro atoms. The van der Waals surface area contributed by atoms with Crippen LogP contribution < -0.4 is 5.32 Å². The van der Waals surface area contributed by atoms with Crippen molar-refractivity contribution in [3.05, 3.63) is 41.2 Å². The lowest BCUT2D eigenvalue weighted by atomic mass is 10.2. The molecule has 2 heterocycles. The maximum Gasteiger partial charge on any atom is 0.271 e. The number of carbonyl (C=O) groups is 1. The standard InChI is InChI=1S/C13H16ClN5O/c1-9(2)12-16-8-10(14)11(18-12)13(20)15-5-7-19-6-3-4-17-19/h3-4,6,8-9H,5,7H2,1-2H3,(H,15,20). The van der Waals surface area contributed by atoms with Crippen LogP contribution >= 0.6 is 11.6 Å². The van der Waals surface area contributed by atoms with Gasteiger partial charge in [0, 0.05) is 24.9 Å². The normalized spacial score (nSPS) is 10.8. The van der Waals surface area contributed by atoms with E-state index in [1.54, 1.807) is 10.9 Å². The van der Waals surface area contributed by atoms with Crippen molar-refractivity contribution in [2.24, 2.45) is 0 Å². The lowest BCUT2D eigenvalue weighted by Gasteiger charge is -2.09. The van der Waals surface area contributed by atoms with Gasteiger partial charge in [-0.15, -0.1) is 0 Å². The summed E-state index contributed by atoms with van der Waals surface area (Å²) in [6.45, 7) is 4.97. The first-order valence-electron chi connectivity index (χ1n) is 6.36. The molecule has 106 valence electrons. The van der Waals surface area contributed by atoms with Gasteiger partial charge in [-0.2, -0.15) is 5.10 Å².